The van der Waals surface area contributed by atoms with Gasteiger partial charge in [0.1, 0.15) is 6.10 Å². The van der Waals surface area contributed by atoms with Gasteiger partial charge in [0, 0.05) is 22.4 Å². The van der Waals surface area contributed by atoms with E-state index in [0.29, 0.717) is 34.9 Å². The molecule has 2 aliphatic carbocycles. The number of cyclic esters (lactones) is 1. The van der Waals surface area contributed by atoms with Crippen molar-refractivity contribution in [2.24, 2.45) is 28.6 Å². The van der Waals surface area contributed by atoms with Crippen molar-refractivity contribution in [3.63, 3.8) is 0 Å². The third kappa shape index (κ3) is 4.21. The van der Waals surface area contributed by atoms with Gasteiger partial charge >= 0.3 is 17.9 Å². The first-order valence-corrected chi connectivity index (χ1v) is 13.2. The van der Waals surface area contributed by atoms with E-state index in [4.69, 9.17) is 18.6 Å². The minimum Gasteiger partial charge on any atom is -0.472 e. The number of rotatable bonds is 4. The van der Waals surface area contributed by atoms with E-state index >= 15 is 0 Å². The van der Waals surface area contributed by atoms with E-state index in [1.165, 1.54) is 19.6 Å². The minimum atomic E-state index is -1.14. The molecule has 196 valence electrons. The SMILES string of the molecule is COC(=O)[C@@H]1C[C@H](OC(=O)c2cccc(Br)c2)C(=O)[C@@H]2[C@@]3(C)C[C@@H](c4ccoc4)OC(=O)[C@H]3CC[C@]21C. The first-order chi connectivity index (χ1) is 17.6. The van der Waals surface area contributed by atoms with E-state index in [1.807, 2.05) is 13.8 Å². The molecule has 1 aliphatic heterocycles. The molecular formula is C28H29BrO8. The lowest BCUT2D eigenvalue weighted by molar-refractivity contribution is -0.208. The van der Waals surface area contributed by atoms with Crippen LogP contribution in [0.3, 0.4) is 0 Å². The highest BCUT2D eigenvalue weighted by Crippen LogP contribution is 2.65. The maximum atomic E-state index is 14.2. The van der Waals surface area contributed by atoms with Crippen LogP contribution < -0.4 is 0 Å². The van der Waals surface area contributed by atoms with Crippen molar-refractivity contribution in [1.82, 2.24) is 0 Å². The Morgan fingerprint density at radius 3 is 2.59 bits per heavy atom. The Morgan fingerprint density at radius 2 is 1.92 bits per heavy atom. The van der Waals surface area contributed by atoms with E-state index in [9.17, 15) is 19.2 Å². The van der Waals surface area contributed by atoms with Gasteiger partial charge < -0.3 is 18.6 Å². The van der Waals surface area contributed by atoms with Gasteiger partial charge in [-0.25, -0.2) is 4.79 Å². The first kappa shape index (κ1) is 25.7. The number of benzene rings is 1. The van der Waals surface area contributed by atoms with Gasteiger partial charge in [0.2, 0.25) is 0 Å². The second-order valence-electron chi connectivity index (χ2n) is 10.8. The Labute approximate surface area is 223 Å². The summed E-state index contributed by atoms with van der Waals surface area (Å²) in [4.78, 5) is 53.5. The normalized spacial score (nSPS) is 35.1. The molecule has 8 nitrogen and oxygen atoms in total. The summed E-state index contributed by atoms with van der Waals surface area (Å²) in [7, 11) is 1.32. The summed E-state index contributed by atoms with van der Waals surface area (Å²) in [6.07, 6.45) is 2.71. The van der Waals surface area contributed by atoms with Crippen LogP contribution in [0.1, 0.15) is 61.6 Å². The van der Waals surface area contributed by atoms with E-state index in [-0.39, 0.29) is 18.2 Å². The summed E-state index contributed by atoms with van der Waals surface area (Å²) in [5.41, 5.74) is -0.592. The zero-order chi connectivity index (χ0) is 26.5. The number of fused-ring (bicyclic) bond motifs is 3. The molecule has 3 aliphatic rings. The predicted octanol–water partition coefficient (Wildman–Crippen LogP) is 5.06. The number of hydrogen-bond donors (Lipinski definition) is 0. The van der Waals surface area contributed by atoms with Gasteiger partial charge in [-0.1, -0.05) is 35.8 Å². The van der Waals surface area contributed by atoms with Crippen molar-refractivity contribution >= 4 is 39.6 Å². The molecule has 7 atom stereocenters. The van der Waals surface area contributed by atoms with Crippen molar-refractivity contribution in [1.29, 1.82) is 0 Å². The molecule has 0 spiro atoms. The molecule has 2 heterocycles. The second-order valence-corrected chi connectivity index (χ2v) is 11.8. The molecule has 2 aromatic rings. The fourth-order valence-electron chi connectivity index (χ4n) is 7.08. The highest BCUT2D eigenvalue weighted by Gasteiger charge is 2.67. The van der Waals surface area contributed by atoms with E-state index < -0.39 is 52.7 Å². The largest absolute Gasteiger partial charge is 0.472 e. The number of furan rings is 1. The highest BCUT2D eigenvalue weighted by molar-refractivity contribution is 9.10. The molecule has 3 fully saturated rings. The standard InChI is InChI=1S/C28H29BrO8/c1-27-9-7-18-26(33)37-21(16-8-10-35-14-16)13-28(18,2)23(27)22(30)20(12-19(27)25(32)34-3)36-24(31)15-5-4-6-17(29)11-15/h4-6,8,10-11,14,18-21,23H,7,9,12-13H2,1-3H3/t18-,19+,20+,21+,23+,27+,28+/m1/s1. The fourth-order valence-corrected chi connectivity index (χ4v) is 7.48. The Bertz CT molecular complexity index is 1240. The van der Waals surface area contributed by atoms with Crippen LogP contribution in [-0.4, -0.2) is 36.9 Å². The van der Waals surface area contributed by atoms with E-state index in [0.717, 1.165) is 0 Å². The van der Waals surface area contributed by atoms with Crippen molar-refractivity contribution in [3.05, 3.63) is 58.5 Å². The quantitative estimate of drug-likeness (QED) is 0.369. The Hall–Kier alpha value is -2.94. The Balaban J connectivity index is 1.54. The molecule has 0 amide bonds. The van der Waals surface area contributed by atoms with Crippen molar-refractivity contribution < 1.29 is 37.8 Å². The van der Waals surface area contributed by atoms with Crippen LogP contribution in [0.15, 0.2) is 51.7 Å². The average molecular weight is 573 g/mol. The van der Waals surface area contributed by atoms with Crippen LogP contribution in [0, 0.1) is 28.6 Å². The predicted molar refractivity (Wildman–Crippen MR) is 133 cm³/mol. The van der Waals surface area contributed by atoms with Gasteiger partial charge in [-0.2, -0.15) is 0 Å². The number of carbonyl (C=O) groups is 4. The summed E-state index contributed by atoms with van der Waals surface area (Å²) < 4.78 is 22.6. The average Bonchev–Trinajstić information content (AvgIpc) is 3.39. The van der Waals surface area contributed by atoms with Crippen LogP contribution in [-0.2, 0) is 28.6 Å². The molecule has 5 rings (SSSR count). The third-order valence-electron chi connectivity index (χ3n) is 8.81. The topological polar surface area (TPSA) is 109 Å². The van der Waals surface area contributed by atoms with Gasteiger partial charge in [-0.05, 0) is 54.4 Å². The molecule has 2 saturated carbocycles. The minimum absolute atomic E-state index is 0.0363. The van der Waals surface area contributed by atoms with Gasteiger partial charge in [0.15, 0.2) is 11.9 Å². The summed E-state index contributed by atoms with van der Waals surface area (Å²) in [5.74, 6) is -3.64. The molecular weight excluding hydrogens is 544 g/mol. The first-order valence-electron chi connectivity index (χ1n) is 12.4. The number of halogens is 1. The molecule has 37 heavy (non-hydrogen) atoms. The summed E-state index contributed by atoms with van der Waals surface area (Å²) in [6, 6.07) is 8.44. The number of ether oxygens (including phenoxy) is 3. The third-order valence-corrected chi connectivity index (χ3v) is 9.31. The summed E-state index contributed by atoms with van der Waals surface area (Å²) in [5, 5.41) is 0. The molecule has 1 aromatic heterocycles. The molecule has 1 saturated heterocycles. The van der Waals surface area contributed by atoms with Crippen LogP contribution in [0.4, 0.5) is 0 Å². The Morgan fingerprint density at radius 1 is 1.14 bits per heavy atom. The monoisotopic (exact) mass is 572 g/mol. The second kappa shape index (κ2) is 9.42. The number of esters is 3. The van der Waals surface area contributed by atoms with Crippen molar-refractivity contribution in [2.75, 3.05) is 7.11 Å². The van der Waals surface area contributed by atoms with Gasteiger partial charge in [0.25, 0.3) is 0 Å². The number of ketones is 1. The lowest BCUT2D eigenvalue weighted by Crippen LogP contribution is -2.64. The summed E-state index contributed by atoms with van der Waals surface area (Å²) >= 11 is 3.34. The van der Waals surface area contributed by atoms with E-state index in [2.05, 4.69) is 15.9 Å². The van der Waals surface area contributed by atoms with Gasteiger partial charge in [-0.15, -0.1) is 0 Å². The molecule has 0 unspecified atom stereocenters. The van der Waals surface area contributed by atoms with Crippen LogP contribution in [0.25, 0.3) is 0 Å². The molecule has 1 aromatic carbocycles. The smallest absolute Gasteiger partial charge is 0.338 e. The number of hydrogen-bond acceptors (Lipinski definition) is 8. The van der Waals surface area contributed by atoms with Gasteiger partial charge in [0.05, 0.1) is 37.0 Å². The highest BCUT2D eigenvalue weighted by atomic mass is 79.9. The summed E-state index contributed by atoms with van der Waals surface area (Å²) in [6.45, 7) is 3.86. The van der Waals surface area contributed by atoms with Gasteiger partial charge in [-0.3, -0.25) is 14.4 Å². The number of Topliss-reactive ketones (excluding diaryl/α,β-unsaturated/α-hetero) is 1. The lowest BCUT2D eigenvalue weighted by atomic mass is 9.43. The van der Waals surface area contributed by atoms with Crippen LogP contribution >= 0.6 is 15.9 Å². The van der Waals surface area contributed by atoms with Crippen molar-refractivity contribution in [2.45, 2.75) is 51.7 Å². The molecule has 0 bridgehead atoms. The maximum Gasteiger partial charge on any atom is 0.338 e. The molecule has 0 radical (unpaired) electrons. The van der Waals surface area contributed by atoms with Crippen molar-refractivity contribution in [3.8, 4) is 0 Å². The molecule has 0 N–H and O–H groups in total. The molecule has 9 heteroatoms. The zero-order valence-electron chi connectivity index (χ0n) is 20.9. The van der Waals surface area contributed by atoms with Crippen LogP contribution in [0.5, 0.6) is 0 Å². The Kier molecular flexibility index (Phi) is 6.54. The lowest BCUT2D eigenvalue weighted by Gasteiger charge is -2.61. The zero-order valence-corrected chi connectivity index (χ0v) is 22.5. The fraction of sp³-hybridized carbons (Fsp3) is 0.500. The van der Waals surface area contributed by atoms with Crippen LogP contribution in [0.2, 0.25) is 0 Å². The number of methoxy groups -OCH3 is 1. The number of carbonyl (C=O) groups excluding carboxylic acids is 4. The van der Waals surface area contributed by atoms with E-state index in [1.54, 1.807) is 30.3 Å². The maximum absolute atomic E-state index is 14.2.